The van der Waals surface area contributed by atoms with Crippen LogP contribution in [0.3, 0.4) is 0 Å². The fourth-order valence-corrected chi connectivity index (χ4v) is 2.73. The molecule has 0 aliphatic heterocycles. The Balaban J connectivity index is 1.62. The molecule has 0 atom stereocenters. The molecule has 0 unspecified atom stereocenters. The van der Waals surface area contributed by atoms with E-state index in [0.29, 0.717) is 11.1 Å². The van der Waals surface area contributed by atoms with Crippen LogP contribution >= 0.6 is 0 Å². The van der Waals surface area contributed by atoms with Gasteiger partial charge in [0, 0.05) is 24.9 Å². The van der Waals surface area contributed by atoms with E-state index < -0.39 is 0 Å². The molecule has 3 aromatic rings. The predicted molar refractivity (Wildman–Crippen MR) is 103 cm³/mol. The normalized spacial score (nSPS) is 10.6. The number of nitrogens with zero attached hydrogens (tertiary/aromatic N) is 3. The lowest BCUT2D eigenvalue weighted by Gasteiger charge is -2.20. The van der Waals surface area contributed by atoms with Crippen molar-refractivity contribution in [3.8, 4) is 23.7 Å². The minimum atomic E-state index is -0.352. The van der Waals surface area contributed by atoms with Crippen LogP contribution in [0.1, 0.15) is 23.4 Å². The molecule has 1 aromatic heterocycles. The van der Waals surface area contributed by atoms with Gasteiger partial charge in [-0.05, 0) is 36.2 Å². The molecule has 0 saturated carbocycles. The zero-order chi connectivity index (χ0) is 20.8. The lowest BCUT2D eigenvalue weighted by atomic mass is 10.1. The Morgan fingerprint density at radius 2 is 1.97 bits per heavy atom. The standard InChI is InChI=1S/C22H19F2N3O2/c1-3-12-27(14-16-5-8-18(23)9-6-16)21(28)11-10-20-25-22(26-29-20)17-7-4-15(2)19(24)13-17/h1,4-9,13H,10-12,14H2,2H3. The number of rotatable bonds is 7. The molecule has 7 heteroatoms. The summed E-state index contributed by atoms with van der Waals surface area (Å²) in [7, 11) is 0. The van der Waals surface area contributed by atoms with Crippen molar-refractivity contribution in [3.63, 3.8) is 0 Å². The van der Waals surface area contributed by atoms with E-state index in [2.05, 4.69) is 16.1 Å². The van der Waals surface area contributed by atoms with Gasteiger partial charge in [0.15, 0.2) is 0 Å². The summed E-state index contributed by atoms with van der Waals surface area (Å²) in [5.41, 5.74) is 1.80. The molecule has 0 radical (unpaired) electrons. The van der Waals surface area contributed by atoms with Gasteiger partial charge in [-0.25, -0.2) is 8.78 Å². The Hall–Kier alpha value is -3.53. The summed E-state index contributed by atoms with van der Waals surface area (Å²) in [5.74, 6) is 2.11. The zero-order valence-corrected chi connectivity index (χ0v) is 15.9. The maximum Gasteiger partial charge on any atom is 0.227 e. The van der Waals surface area contributed by atoms with Crippen LogP contribution in [0.5, 0.6) is 0 Å². The summed E-state index contributed by atoms with van der Waals surface area (Å²) in [6.45, 7) is 2.08. The van der Waals surface area contributed by atoms with Gasteiger partial charge >= 0.3 is 0 Å². The van der Waals surface area contributed by atoms with Gasteiger partial charge in [0.1, 0.15) is 11.6 Å². The highest BCUT2D eigenvalue weighted by Crippen LogP contribution is 2.19. The highest BCUT2D eigenvalue weighted by atomic mass is 19.1. The highest BCUT2D eigenvalue weighted by Gasteiger charge is 2.16. The Labute approximate surface area is 167 Å². The maximum atomic E-state index is 13.7. The van der Waals surface area contributed by atoms with Crippen molar-refractivity contribution in [2.45, 2.75) is 26.3 Å². The largest absolute Gasteiger partial charge is 0.339 e. The van der Waals surface area contributed by atoms with E-state index in [-0.39, 0.29) is 55.2 Å². The van der Waals surface area contributed by atoms with Crippen LogP contribution < -0.4 is 0 Å². The average molecular weight is 395 g/mol. The molecular weight excluding hydrogens is 376 g/mol. The molecule has 0 N–H and O–H groups in total. The number of aromatic nitrogens is 2. The zero-order valence-electron chi connectivity index (χ0n) is 15.9. The molecule has 0 fully saturated rings. The maximum absolute atomic E-state index is 13.7. The minimum absolute atomic E-state index is 0.118. The first kappa shape index (κ1) is 20.2. The summed E-state index contributed by atoms with van der Waals surface area (Å²) in [6.07, 6.45) is 5.71. The Morgan fingerprint density at radius 1 is 1.21 bits per heavy atom. The van der Waals surface area contributed by atoms with Gasteiger partial charge < -0.3 is 9.42 Å². The van der Waals surface area contributed by atoms with Crippen LogP contribution in [0.4, 0.5) is 8.78 Å². The summed E-state index contributed by atoms with van der Waals surface area (Å²) in [6, 6.07) is 10.6. The molecule has 1 heterocycles. The van der Waals surface area contributed by atoms with E-state index >= 15 is 0 Å². The van der Waals surface area contributed by atoms with Crippen LogP contribution in [0.25, 0.3) is 11.4 Å². The minimum Gasteiger partial charge on any atom is -0.339 e. The Bertz CT molecular complexity index is 1040. The molecule has 1 amide bonds. The van der Waals surface area contributed by atoms with Crippen LogP contribution in [0, 0.1) is 30.9 Å². The lowest BCUT2D eigenvalue weighted by molar-refractivity contribution is -0.131. The van der Waals surface area contributed by atoms with Crippen molar-refractivity contribution < 1.29 is 18.1 Å². The van der Waals surface area contributed by atoms with E-state index in [0.717, 1.165) is 5.56 Å². The molecule has 5 nitrogen and oxygen atoms in total. The van der Waals surface area contributed by atoms with E-state index in [1.807, 2.05) is 0 Å². The molecule has 148 valence electrons. The number of carbonyl (C=O) groups excluding carboxylic acids is 1. The predicted octanol–water partition coefficient (Wildman–Crippen LogP) is 3.92. The van der Waals surface area contributed by atoms with Gasteiger partial charge in [-0.2, -0.15) is 4.98 Å². The van der Waals surface area contributed by atoms with Crippen molar-refractivity contribution in [1.82, 2.24) is 15.0 Å². The smallest absolute Gasteiger partial charge is 0.227 e. The number of halogens is 2. The molecule has 2 aromatic carbocycles. The van der Waals surface area contributed by atoms with Crippen LogP contribution in [-0.2, 0) is 17.8 Å². The monoisotopic (exact) mass is 395 g/mol. The van der Waals surface area contributed by atoms with Crippen molar-refractivity contribution in [2.75, 3.05) is 6.54 Å². The molecule has 0 aliphatic rings. The van der Waals surface area contributed by atoms with E-state index in [1.54, 1.807) is 31.2 Å². The topological polar surface area (TPSA) is 59.2 Å². The fourth-order valence-electron chi connectivity index (χ4n) is 2.73. The Morgan fingerprint density at radius 3 is 2.66 bits per heavy atom. The third-order valence-electron chi connectivity index (χ3n) is 4.37. The number of hydrogen-bond donors (Lipinski definition) is 0. The lowest BCUT2D eigenvalue weighted by Crippen LogP contribution is -2.31. The molecule has 3 rings (SSSR count). The Kier molecular flexibility index (Phi) is 6.35. The third kappa shape index (κ3) is 5.26. The molecule has 29 heavy (non-hydrogen) atoms. The number of terminal acetylenes is 1. The first-order chi connectivity index (χ1) is 14.0. The average Bonchev–Trinajstić information content (AvgIpc) is 3.18. The van der Waals surface area contributed by atoms with E-state index in [4.69, 9.17) is 10.9 Å². The molecule has 0 bridgehead atoms. The first-order valence-electron chi connectivity index (χ1n) is 9.01. The summed E-state index contributed by atoms with van der Waals surface area (Å²) in [4.78, 5) is 18.3. The van der Waals surface area contributed by atoms with Crippen molar-refractivity contribution in [3.05, 3.63) is 71.1 Å². The van der Waals surface area contributed by atoms with Gasteiger partial charge in [-0.15, -0.1) is 6.42 Å². The molecular formula is C22H19F2N3O2. The molecule has 0 spiro atoms. The van der Waals surface area contributed by atoms with Crippen LogP contribution in [0.15, 0.2) is 47.0 Å². The highest BCUT2D eigenvalue weighted by molar-refractivity contribution is 5.76. The molecule has 0 saturated heterocycles. The van der Waals surface area contributed by atoms with Gasteiger partial charge in [-0.3, -0.25) is 4.79 Å². The molecule has 0 aliphatic carbocycles. The van der Waals surface area contributed by atoms with E-state index in [1.165, 1.54) is 23.1 Å². The number of aryl methyl sites for hydroxylation is 2. The van der Waals surface area contributed by atoms with Gasteiger partial charge in [0.2, 0.25) is 17.6 Å². The number of benzene rings is 2. The van der Waals surface area contributed by atoms with Crippen molar-refractivity contribution >= 4 is 5.91 Å². The third-order valence-corrected chi connectivity index (χ3v) is 4.37. The van der Waals surface area contributed by atoms with Gasteiger partial charge in [0.05, 0.1) is 6.54 Å². The quantitative estimate of drug-likeness (QED) is 0.569. The first-order valence-corrected chi connectivity index (χ1v) is 9.01. The van der Waals surface area contributed by atoms with E-state index in [9.17, 15) is 13.6 Å². The fraction of sp³-hybridized carbons (Fsp3) is 0.227. The van der Waals surface area contributed by atoms with Crippen LogP contribution in [0.2, 0.25) is 0 Å². The number of carbonyl (C=O) groups is 1. The summed E-state index contributed by atoms with van der Waals surface area (Å²) < 4.78 is 31.9. The number of hydrogen-bond acceptors (Lipinski definition) is 4. The van der Waals surface area contributed by atoms with Gasteiger partial charge in [0.25, 0.3) is 0 Å². The second-order valence-corrected chi connectivity index (χ2v) is 6.56. The number of amides is 1. The van der Waals surface area contributed by atoms with Crippen molar-refractivity contribution in [1.29, 1.82) is 0 Å². The summed E-state index contributed by atoms with van der Waals surface area (Å²) >= 11 is 0. The second kappa shape index (κ2) is 9.11. The second-order valence-electron chi connectivity index (χ2n) is 6.56. The van der Waals surface area contributed by atoms with Crippen molar-refractivity contribution in [2.24, 2.45) is 0 Å². The van der Waals surface area contributed by atoms with Gasteiger partial charge in [-0.1, -0.05) is 35.3 Å². The van der Waals surface area contributed by atoms with Crippen LogP contribution in [-0.4, -0.2) is 27.5 Å². The summed E-state index contributed by atoms with van der Waals surface area (Å²) in [5, 5.41) is 3.85. The SMILES string of the molecule is C#CCN(Cc1ccc(F)cc1)C(=O)CCc1nc(-c2ccc(C)c(F)c2)no1.